The number of ether oxygens (including phenoxy) is 1. The zero-order chi connectivity index (χ0) is 13.8. The zero-order valence-corrected chi connectivity index (χ0v) is 10.2. The van der Waals surface area contributed by atoms with Gasteiger partial charge in [0.25, 0.3) is 5.69 Å². The minimum Gasteiger partial charge on any atom is -0.377 e. The minimum atomic E-state index is -0.493. The van der Waals surface area contributed by atoms with Gasteiger partial charge in [0.1, 0.15) is 12.9 Å². The first kappa shape index (κ1) is 13.0. The van der Waals surface area contributed by atoms with Crippen molar-refractivity contribution in [2.24, 2.45) is 0 Å². The summed E-state index contributed by atoms with van der Waals surface area (Å²) < 4.78 is 4.75. The lowest BCUT2D eigenvalue weighted by molar-refractivity contribution is -0.384. The summed E-state index contributed by atoms with van der Waals surface area (Å²) in [5, 5.41) is 11.3. The molecule has 98 valence electrons. The second kappa shape index (κ2) is 5.49. The summed E-state index contributed by atoms with van der Waals surface area (Å²) in [5.74, 6) is -0.144. The fourth-order valence-corrected chi connectivity index (χ4v) is 1.75. The maximum absolute atomic E-state index is 11.6. The van der Waals surface area contributed by atoms with Crippen molar-refractivity contribution in [3.8, 4) is 0 Å². The Hall–Kier alpha value is -2.41. The second-order valence-corrected chi connectivity index (χ2v) is 3.93. The standard InChI is InChI=1S/C12H11N3O4/c1-19-6-9(16)5-12-10-4-8(15(17)18)2-3-11(10)13-7-14-12/h2-4,7H,5-6H2,1H3. The fraction of sp³-hybridized carbons (Fsp3) is 0.250. The Morgan fingerprint density at radius 2 is 2.21 bits per heavy atom. The van der Waals surface area contributed by atoms with Crippen LogP contribution in [0.1, 0.15) is 5.69 Å². The molecule has 2 rings (SSSR count). The van der Waals surface area contributed by atoms with Crippen molar-refractivity contribution in [3.05, 3.63) is 40.3 Å². The lowest BCUT2D eigenvalue weighted by Gasteiger charge is -2.04. The summed E-state index contributed by atoms with van der Waals surface area (Å²) in [6.45, 7) is -0.0135. The number of Topliss-reactive ketones (excluding diaryl/α,β-unsaturated/α-hetero) is 1. The number of carbonyl (C=O) groups excluding carboxylic acids is 1. The number of carbonyl (C=O) groups is 1. The fourth-order valence-electron chi connectivity index (χ4n) is 1.75. The number of hydrogen-bond acceptors (Lipinski definition) is 6. The number of benzene rings is 1. The molecular weight excluding hydrogens is 250 g/mol. The van der Waals surface area contributed by atoms with E-state index < -0.39 is 4.92 Å². The average Bonchev–Trinajstić information content (AvgIpc) is 2.38. The molecule has 0 bridgehead atoms. The van der Waals surface area contributed by atoms with Crippen molar-refractivity contribution in [3.63, 3.8) is 0 Å². The normalized spacial score (nSPS) is 10.6. The van der Waals surface area contributed by atoms with E-state index in [1.165, 1.54) is 25.6 Å². The van der Waals surface area contributed by atoms with E-state index in [1.807, 2.05) is 0 Å². The molecule has 0 atom stereocenters. The number of nitro groups is 1. The van der Waals surface area contributed by atoms with Gasteiger partial charge in [-0.15, -0.1) is 0 Å². The number of non-ortho nitro benzene ring substituents is 1. The van der Waals surface area contributed by atoms with Crippen molar-refractivity contribution < 1.29 is 14.5 Å². The number of nitro benzene ring substituents is 1. The number of fused-ring (bicyclic) bond motifs is 1. The molecule has 0 saturated carbocycles. The van der Waals surface area contributed by atoms with E-state index in [4.69, 9.17) is 4.74 Å². The van der Waals surface area contributed by atoms with Crippen LogP contribution in [-0.4, -0.2) is 34.4 Å². The minimum absolute atomic E-state index is 0.0135. The highest BCUT2D eigenvalue weighted by Gasteiger charge is 2.13. The van der Waals surface area contributed by atoms with Crippen molar-refractivity contribution >= 4 is 22.4 Å². The first-order valence-corrected chi connectivity index (χ1v) is 5.50. The van der Waals surface area contributed by atoms with Crippen molar-refractivity contribution in [2.45, 2.75) is 6.42 Å². The summed E-state index contributed by atoms with van der Waals surface area (Å²) in [6, 6.07) is 4.29. The maximum atomic E-state index is 11.6. The number of nitrogens with zero attached hydrogens (tertiary/aromatic N) is 3. The van der Waals surface area contributed by atoms with E-state index in [1.54, 1.807) is 6.07 Å². The Balaban J connectivity index is 2.45. The van der Waals surface area contributed by atoms with Crippen molar-refractivity contribution in [1.29, 1.82) is 0 Å². The number of rotatable bonds is 5. The third-order valence-corrected chi connectivity index (χ3v) is 2.58. The Kier molecular flexibility index (Phi) is 3.76. The van der Waals surface area contributed by atoms with E-state index >= 15 is 0 Å². The number of methoxy groups -OCH3 is 1. The molecule has 0 radical (unpaired) electrons. The van der Waals surface area contributed by atoms with Crippen molar-refractivity contribution in [1.82, 2.24) is 9.97 Å². The van der Waals surface area contributed by atoms with Gasteiger partial charge in [0, 0.05) is 24.6 Å². The maximum Gasteiger partial charge on any atom is 0.270 e. The van der Waals surface area contributed by atoms with Gasteiger partial charge in [0.15, 0.2) is 5.78 Å². The lowest BCUT2D eigenvalue weighted by Crippen LogP contribution is -2.11. The van der Waals surface area contributed by atoms with E-state index in [9.17, 15) is 14.9 Å². The molecule has 0 unspecified atom stereocenters. The molecule has 0 aliphatic rings. The lowest BCUT2D eigenvalue weighted by atomic mass is 10.1. The van der Waals surface area contributed by atoms with E-state index in [2.05, 4.69) is 9.97 Å². The summed E-state index contributed by atoms with van der Waals surface area (Å²) in [7, 11) is 1.43. The van der Waals surface area contributed by atoms with Crippen LogP contribution in [0, 0.1) is 10.1 Å². The van der Waals surface area contributed by atoms with E-state index in [0.29, 0.717) is 16.6 Å². The van der Waals surface area contributed by atoms with Gasteiger partial charge in [0.2, 0.25) is 0 Å². The molecule has 0 aliphatic carbocycles. The number of ketones is 1. The van der Waals surface area contributed by atoms with Crippen LogP contribution in [0.15, 0.2) is 24.5 Å². The Labute approximate surface area is 108 Å². The van der Waals surface area contributed by atoms with Gasteiger partial charge in [-0.1, -0.05) is 0 Å². The SMILES string of the molecule is COCC(=O)Cc1ncnc2ccc([N+](=O)[O-])cc12. The molecule has 0 amide bonds. The third-order valence-electron chi connectivity index (χ3n) is 2.58. The molecule has 0 N–H and O–H groups in total. The van der Waals surface area contributed by atoms with Crippen molar-refractivity contribution in [2.75, 3.05) is 13.7 Å². The summed E-state index contributed by atoms with van der Waals surface area (Å²) in [4.78, 5) is 29.9. The van der Waals surface area contributed by atoms with Crippen LogP contribution in [0.3, 0.4) is 0 Å². The average molecular weight is 261 g/mol. The summed E-state index contributed by atoms with van der Waals surface area (Å²) >= 11 is 0. The monoisotopic (exact) mass is 261 g/mol. The highest BCUT2D eigenvalue weighted by Crippen LogP contribution is 2.21. The molecular formula is C12H11N3O4. The van der Waals surface area contributed by atoms with Crippen LogP contribution in [-0.2, 0) is 16.0 Å². The first-order valence-electron chi connectivity index (χ1n) is 5.50. The van der Waals surface area contributed by atoms with Crippen LogP contribution in [0.4, 0.5) is 5.69 Å². The molecule has 7 nitrogen and oxygen atoms in total. The Morgan fingerprint density at radius 3 is 2.89 bits per heavy atom. The smallest absolute Gasteiger partial charge is 0.270 e. The van der Waals surface area contributed by atoms with Gasteiger partial charge < -0.3 is 4.74 Å². The topological polar surface area (TPSA) is 95.2 Å². The van der Waals surface area contributed by atoms with Crippen LogP contribution >= 0.6 is 0 Å². The van der Waals surface area contributed by atoms with Crippen LogP contribution in [0.5, 0.6) is 0 Å². The predicted molar refractivity (Wildman–Crippen MR) is 66.8 cm³/mol. The highest BCUT2D eigenvalue weighted by atomic mass is 16.6. The molecule has 0 saturated heterocycles. The molecule has 0 aliphatic heterocycles. The highest BCUT2D eigenvalue weighted by molar-refractivity contribution is 5.89. The third kappa shape index (κ3) is 2.89. The van der Waals surface area contributed by atoms with Crippen LogP contribution < -0.4 is 0 Å². The zero-order valence-electron chi connectivity index (χ0n) is 10.2. The molecule has 0 fully saturated rings. The Bertz CT molecular complexity index is 642. The molecule has 7 heteroatoms. The van der Waals surface area contributed by atoms with Crippen LogP contribution in [0.2, 0.25) is 0 Å². The van der Waals surface area contributed by atoms with Crippen LogP contribution in [0.25, 0.3) is 10.9 Å². The molecule has 0 spiro atoms. The second-order valence-electron chi connectivity index (χ2n) is 3.93. The van der Waals surface area contributed by atoms with Gasteiger partial charge in [-0.2, -0.15) is 0 Å². The van der Waals surface area contributed by atoms with Gasteiger partial charge in [-0.3, -0.25) is 14.9 Å². The molecule has 1 heterocycles. The molecule has 2 aromatic rings. The molecule has 1 aromatic heterocycles. The molecule has 1 aromatic carbocycles. The number of hydrogen-bond donors (Lipinski definition) is 0. The van der Waals surface area contributed by atoms with Gasteiger partial charge >= 0.3 is 0 Å². The predicted octanol–water partition coefficient (Wildman–Crippen LogP) is 1.30. The quantitative estimate of drug-likeness (QED) is 0.594. The van der Waals surface area contributed by atoms with Gasteiger partial charge in [0.05, 0.1) is 22.6 Å². The number of aromatic nitrogens is 2. The summed E-state index contributed by atoms with van der Waals surface area (Å²) in [5.41, 5.74) is 0.985. The van der Waals surface area contributed by atoms with Gasteiger partial charge in [-0.05, 0) is 6.07 Å². The largest absolute Gasteiger partial charge is 0.377 e. The van der Waals surface area contributed by atoms with E-state index in [0.717, 1.165) is 0 Å². The van der Waals surface area contributed by atoms with Gasteiger partial charge in [-0.25, -0.2) is 9.97 Å². The molecule has 19 heavy (non-hydrogen) atoms. The van der Waals surface area contributed by atoms with E-state index in [-0.39, 0.29) is 24.5 Å². The first-order chi connectivity index (χ1) is 9.11. The summed E-state index contributed by atoms with van der Waals surface area (Å²) in [6.07, 6.45) is 1.40. The Morgan fingerprint density at radius 1 is 1.42 bits per heavy atom.